The number of hydrogen-bond acceptors (Lipinski definition) is 3. The van der Waals surface area contributed by atoms with Crippen LogP contribution >= 0.6 is 27.5 Å². The largest absolute Gasteiger partial charge is 0.493 e. The molecule has 0 aliphatic carbocycles. The van der Waals surface area contributed by atoms with E-state index in [1.807, 2.05) is 0 Å². The normalized spacial score (nSPS) is 10.9. The first-order chi connectivity index (χ1) is 7.04. The number of aromatic hydroxyl groups is 1. The molecule has 0 saturated carbocycles. The average molecular weight is 295 g/mol. The van der Waals surface area contributed by atoms with Gasteiger partial charge in [0.25, 0.3) is 0 Å². The number of benzene rings is 1. The number of halogens is 4. The number of fused-ring (bicyclic) bond motifs is 1. The van der Waals surface area contributed by atoms with Gasteiger partial charge in [-0.05, 0) is 15.9 Å². The molecule has 0 aliphatic heterocycles. The molecule has 0 amide bonds. The van der Waals surface area contributed by atoms with Crippen molar-refractivity contribution >= 4 is 38.4 Å². The Kier molecular flexibility index (Phi) is 2.47. The predicted octanol–water partition coefficient (Wildman–Crippen LogP) is 3.03. The van der Waals surface area contributed by atoms with E-state index in [1.54, 1.807) is 0 Å². The average Bonchev–Trinajstić information content (AvgIpc) is 2.23. The Hall–Kier alpha value is -1.01. The predicted molar refractivity (Wildman–Crippen MR) is 53.8 cm³/mol. The minimum Gasteiger partial charge on any atom is -0.493 e. The SMILES string of the molecule is Oc1ncnc2c(F)c(Br)c(Cl)c(F)c12. The second kappa shape index (κ2) is 3.53. The van der Waals surface area contributed by atoms with Crippen LogP contribution in [0.4, 0.5) is 8.78 Å². The Morgan fingerprint density at radius 2 is 1.93 bits per heavy atom. The van der Waals surface area contributed by atoms with Gasteiger partial charge < -0.3 is 5.11 Å². The molecule has 1 aromatic heterocycles. The molecule has 0 saturated heterocycles. The fourth-order valence-electron chi connectivity index (χ4n) is 1.15. The summed E-state index contributed by atoms with van der Waals surface area (Å²) in [6, 6.07) is 0. The molecular weight excluding hydrogens is 293 g/mol. The molecule has 0 aliphatic rings. The summed E-state index contributed by atoms with van der Waals surface area (Å²) >= 11 is 8.29. The van der Waals surface area contributed by atoms with E-state index in [0.717, 1.165) is 6.33 Å². The molecule has 15 heavy (non-hydrogen) atoms. The van der Waals surface area contributed by atoms with E-state index in [9.17, 15) is 13.9 Å². The Bertz CT molecular complexity index is 564. The Morgan fingerprint density at radius 1 is 1.27 bits per heavy atom. The Balaban J connectivity index is 3.08. The maximum Gasteiger partial charge on any atom is 0.225 e. The van der Waals surface area contributed by atoms with Gasteiger partial charge in [-0.15, -0.1) is 0 Å². The van der Waals surface area contributed by atoms with Crippen LogP contribution in [0, 0.1) is 11.6 Å². The molecule has 1 heterocycles. The lowest BCUT2D eigenvalue weighted by Crippen LogP contribution is -1.94. The van der Waals surface area contributed by atoms with E-state index in [2.05, 4.69) is 25.9 Å². The van der Waals surface area contributed by atoms with E-state index in [0.29, 0.717) is 0 Å². The van der Waals surface area contributed by atoms with Gasteiger partial charge in [0.05, 0.1) is 9.50 Å². The van der Waals surface area contributed by atoms with E-state index in [-0.39, 0.29) is 9.99 Å². The molecule has 2 rings (SSSR count). The maximum absolute atomic E-state index is 13.5. The third-order valence-corrected chi connectivity index (χ3v) is 3.16. The van der Waals surface area contributed by atoms with Crippen molar-refractivity contribution in [3.05, 3.63) is 27.5 Å². The van der Waals surface area contributed by atoms with Crippen LogP contribution < -0.4 is 0 Å². The summed E-state index contributed by atoms with van der Waals surface area (Å²) in [5, 5.41) is 8.38. The number of aromatic nitrogens is 2. The van der Waals surface area contributed by atoms with Gasteiger partial charge in [0.2, 0.25) is 5.88 Å². The van der Waals surface area contributed by atoms with Crippen LogP contribution in [-0.4, -0.2) is 15.1 Å². The van der Waals surface area contributed by atoms with E-state index < -0.39 is 27.9 Å². The van der Waals surface area contributed by atoms with Gasteiger partial charge in [-0.25, -0.2) is 18.7 Å². The smallest absolute Gasteiger partial charge is 0.225 e. The highest BCUT2D eigenvalue weighted by Crippen LogP contribution is 2.36. The third kappa shape index (κ3) is 1.44. The van der Waals surface area contributed by atoms with Gasteiger partial charge in [0.15, 0.2) is 11.6 Å². The van der Waals surface area contributed by atoms with Crippen molar-refractivity contribution in [1.82, 2.24) is 9.97 Å². The Morgan fingerprint density at radius 3 is 2.60 bits per heavy atom. The minimum atomic E-state index is -0.960. The third-order valence-electron chi connectivity index (χ3n) is 1.83. The van der Waals surface area contributed by atoms with Crippen molar-refractivity contribution in [2.45, 2.75) is 0 Å². The fourth-order valence-corrected chi connectivity index (χ4v) is 1.69. The van der Waals surface area contributed by atoms with Crippen molar-refractivity contribution in [2.75, 3.05) is 0 Å². The van der Waals surface area contributed by atoms with E-state index in [4.69, 9.17) is 11.6 Å². The van der Waals surface area contributed by atoms with Crippen LogP contribution in [0.5, 0.6) is 5.88 Å². The molecule has 0 atom stereocenters. The van der Waals surface area contributed by atoms with Gasteiger partial charge in [-0.1, -0.05) is 11.6 Å². The lowest BCUT2D eigenvalue weighted by molar-refractivity contribution is 0.455. The summed E-state index contributed by atoms with van der Waals surface area (Å²) < 4.78 is 26.8. The summed E-state index contributed by atoms with van der Waals surface area (Å²) in [5.74, 6) is -2.45. The van der Waals surface area contributed by atoms with E-state index in [1.165, 1.54) is 0 Å². The molecule has 78 valence electrons. The highest BCUT2D eigenvalue weighted by atomic mass is 79.9. The van der Waals surface area contributed by atoms with Crippen LogP contribution in [0.15, 0.2) is 10.8 Å². The summed E-state index contributed by atoms with van der Waals surface area (Å²) in [6.45, 7) is 0. The molecule has 7 heteroatoms. The van der Waals surface area contributed by atoms with Crippen LogP contribution in [0.2, 0.25) is 5.02 Å². The molecule has 0 unspecified atom stereocenters. The van der Waals surface area contributed by atoms with Gasteiger partial charge in [-0.3, -0.25) is 0 Å². The first-order valence-electron chi connectivity index (χ1n) is 3.69. The monoisotopic (exact) mass is 294 g/mol. The van der Waals surface area contributed by atoms with E-state index >= 15 is 0 Å². The lowest BCUT2D eigenvalue weighted by atomic mass is 10.2. The Labute approximate surface area is 95.8 Å². The quantitative estimate of drug-likeness (QED) is 0.600. The second-order valence-electron chi connectivity index (χ2n) is 2.68. The first kappa shape index (κ1) is 10.5. The van der Waals surface area contributed by atoms with Gasteiger partial charge in [0, 0.05) is 0 Å². The molecule has 0 radical (unpaired) electrons. The molecule has 0 bridgehead atoms. The highest BCUT2D eigenvalue weighted by molar-refractivity contribution is 9.10. The highest BCUT2D eigenvalue weighted by Gasteiger charge is 2.20. The van der Waals surface area contributed by atoms with Crippen molar-refractivity contribution in [1.29, 1.82) is 0 Å². The first-order valence-corrected chi connectivity index (χ1v) is 4.86. The zero-order valence-electron chi connectivity index (χ0n) is 6.93. The van der Waals surface area contributed by atoms with Crippen LogP contribution in [0.3, 0.4) is 0 Å². The molecule has 1 aromatic carbocycles. The molecule has 3 nitrogen and oxygen atoms in total. The summed E-state index contributed by atoms with van der Waals surface area (Å²) in [5.41, 5.74) is -0.323. The van der Waals surface area contributed by atoms with Crippen LogP contribution in [0.1, 0.15) is 0 Å². The van der Waals surface area contributed by atoms with Gasteiger partial charge >= 0.3 is 0 Å². The summed E-state index contributed by atoms with van der Waals surface area (Å²) in [6.07, 6.45) is 0.931. The topological polar surface area (TPSA) is 46.0 Å². The van der Waals surface area contributed by atoms with Crippen molar-refractivity contribution < 1.29 is 13.9 Å². The van der Waals surface area contributed by atoms with Crippen LogP contribution in [-0.2, 0) is 0 Å². The van der Waals surface area contributed by atoms with Crippen molar-refractivity contribution in [3.8, 4) is 5.88 Å². The maximum atomic E-state index is 13.5. The standard InChI is InChI=1S/C8H2BrClF2N2O/c9-3-4(10)5(11)2-7(6(3)12)13-1-14-8(2)15/h1H,(H,13,14,15). The molecule has 1 N–H and O–H groups in total. The van der Waals surface area contributed by atoms with Gasteiger partial charge in [-0.2, -0.15) is 0 Å². The van der Waals surface area contributed by atoms with Gasteiger partial charge in [0.1, 0.15) is 17.2 Å². The fraction of sp³-hybridized carbons (Fsp3) is 0. The molecule has 0 spiro atoms. The minimum absolute atomic E-state index is 0.229. The summed E-state index contributed by atoms with van der Waals surface area (Å²) in [7, 11) is 0. The lowest BCUT2D eigenvalue weighted by Gasteiger charge is -2.05. The zero-order valence-corrected chi connectivity index (χ0v) is 9.27. The molecule has 0 fully saturated rings. The van der Waals surface area contributed by atoms with Crippen molar-refractivity contribution in [2.24, 2.45) is 0 Å². The number of hydrogen-bond donors (Lipinski definition) is 1. The van der Waals surface area contributed by atoms with Crippen LogP contribution in [0.25, 0.3) is 10.9 Å². The zero-order chi connectivity index (χ0) is 11.2. The molecule has 2 aromatic rings. The number of rotatable bonds is 0. The summed E-state index contributed by atoms with van der Waals surface area (Å²) in [4.78, 5) is 6.87. The molecular formula is C8H2BrClF2N2O. The van der Waals surface area contributed by atoms with Crippen molar-refractivity contribution in [3.63, 3.8) is 0 Å². The number of nitrogens with zero attached hydrogens (tertiary/aromatic N) is 2. The second-order valence-corrected chi connectivity index (χ2v) is 3.85.